The van der Waals surface area contributed by atoms with Crippen LogP contribution < -0.4 is 14.4 Å². The van der Waals surface area contributed by atoms with Gasteiger partial charge in [-0.1, -0.05) is 42.8 Å². The van der Waals surface area contributed by atoms with E-state index in [0.717, 1.165) is 16.1 Å². The molecule has 0 unspecified atom stereocenters. The van der Waals surface area contributed by atoms with Gasteiger partial charge in [0.2, 0.25) is 21.8 Å². The first-order chi connectivity index (χ1) is 16.0. The second-order valence-corrected chi connectivity index (χ2v) is 10.5. The van der Waals surface area contributed by atoms with Crippen LogP contribution in [0.3, 0.4) is 0 Å². The Labute approximate surface area is 206 Å². The van der Waals surface area contributed by atoms with Gasteiger partial charge in [-0.2, -0.15) is 0 Å². The van der Waals surface area contributed by atoms with E-state index in [4.69, 9.17) is 16.3 Å². The minimum Gasteiger partial charge on any atom is -0.495 e. The van der Waals surface area contributed by atoms with Crippen molar-refractivity contribution in [3.05, 3.63) is 59.1 Å². The Morgan fingerprint density at radius 2 is 1.71 bits per heavy atom. The van der Waals surface area contributed by atoms with Crippen molar-refractivity contribution in [2.75, 3.05) is 24.2 Å². The number of benzene rings is 2. The number of amides is 2. The van der Waals surface area contributed by atoms with Crippen molar-refractivity contribution >= 4 is 39.1 Å². The van der Waals surface area contributed by atoms with Crippen molar-refractivity contribution in [3.8, 4) is 5.75 Å². The molecule has 2 aromatic carbocycles. The SMILES string of the molecule is CC[C@@H](C(=O)NC(C)C)N(Cc1ccc(Cl)cc1)C(=O)CN(c1ccccc1OC)S(C)(=O)=O. The van der Waals surface area contributed by atoms with Crippen LogP contribution in [-0.2, 0) is 26.2 Å². The predicted molar refractivity (Wildman–Crippen MR) is 135 cm³/mol. The maximum absolute atomic E-state index is 13.6. The summed E-state index contributed by atoms with van der Waals surface area (Å²) in [5.74, 6) is -0.505. The lowest BCUT2D eigenvalue weighted by Gasteiger charge is -2.33. The van der Waals surface area contributed by atoms with Crippen molar-refractivity contribution in [2.24, 2.45) is 0 Å². The first kappa shape index (κ1) is 27.5. The van der Waals surface area contributed by atoms with E-state index < -0.39 is 28.5 Å². The summed E-state index contributed by atoms with van der Waals surface area (Å²) >= 11 is 5.99. The molecule has 0 aliphatic heterocycles. The molecule has 34 heavy (non-hydrogen) atoms. The molecule has 1 atom stereocenters. The molecule has 8 nitrogen and oxygen atoms in total. The smallest absolute Gasteiger partial charge is 0.244 e. The van der Waals surface area contributed by atoms with Crippen LogP contribution in [0.4, 0.5) is 5.69 Å². The van der Waals surface area contributed by atoms with E-state index in [1.807, 2.05) is 13.8 Å². The summed E-state index contributed by atoms with van der Waals surface area (Å²) in [4.78, 5) is 28.0. The molecule has 2 rings (SSSR count). The lowest BCUT2D eigenvalue weighted by atomic mass is 10.1. The van der Waals surface area contributed by atoms with E-state index in [1.54, 1.807) is 55.5 Å². The fourth-order valence-corrected chi connectivity index (χ4v) is 4.50. The fraction of sp³-hybridized carbons (Fsp3) is 0.417. The molecule has 0 saturated heterocycles. The summed E-state index contributed by atoms with van der Waals surface area (Å²) < 4.78 is 31.7. The third-order valence-corrected chi connectivity index (χ3v) is 6.49. The number of sulfonamides is 1. The van der Waals surface area contributed by atoms with Crippen molar-refractivity contribution in [1.82, 2.24) is 10.2 Å². The normalized spacial score (nSPS) is 12.2. The second-order valence-electron chi connectivity index (χ2n) is 8.18. The number of halogens is 1. The highest BCUT2D eigenvalue weighted by atomic mass is 35.5. The van der Waals surface area contributed by atoms with Gasteiger partial charge >= 0.3 is 0 Å². The molecule has 186 valence electrons. The van der Waals surface area contributed by atoms with E-state index in [9.17, 15) is 18.0 Å². The summed E-state index contributed by atoms with van der Waals surface area (Å²) in [5.41, 5.74) is 1.00. The van der Waals surface area contributed by atoms with E-state index >= 15 is 0 Å². The largest absolute Gasteiger partial charge is 0.495 e. The summed E-state index contributed by atoms with van der Waals surface area (Å²) in [6.45, 7) is 5.11. The van der Waals surface area contributed by atoms with Crippen molar-refractivity contribution < 1.29 is 22.7 Å². The number of nitrogens with zero attached hydrogens (tertiary/aromatic N) is 2. The van der Waals surface area contributed by atoms with Gasteiger partial charge in [0.15, 0.2) is 0 Å². The molecular formula is C24H32ClN3O5S. The Bertz CT molecular complexity index is 1090. The minimum atomic E-state index is -3.84. The Morgan fingerprint density at radius 3 is 2.24 bits per heavy atom. The van der Waals surface area contributed by atoms with Gasteiger partial charge in [0.1, 0.15) is 18.3 Å². The van der Waals surface area contributed by atoms with Gasteiger partial charge in [-0.15, -0.1) is 0 Å². The van der Waals surface area contributed by atoms with E-state index in [2.05, 4.69) is 5.32 Å². The predicted octanol–water partition coefficient (Wildman–Crippen LogP) is 3.45. The van der Waals surface area contributed by atoms with Gasteiger partial charge < -0.3 is 15.0 Å². The number of para-hydroxylation sites is 2. The Morgan fingerprint density at radius 1 is 1.09 bits per heavy atom. The first-order valence-corrected chi connectivity index (χ1v) is 13.2. The van der Waals surface area contributed by atoms with Crippen LogP contribution in [0, 0.1) is 0 Å². The number of carbonyl (C=O) groups is 2. The molecule has 1 N–H and O–H groups in total. The number of carbonyl (C=O) groups excluding carboxylic acids is 2. The molecule has 0 aliphatic carbocycles. The van der Waals surface area contributed by atoms with Gasteiger partial charge in [-0.05, 0) is 50.1 Å². The average Bonchev–Trinajstić information content (AvgIpc) is 2.77. The van der Waals surface area contributed by atoms with E-state index in [0.29, 0.717) is 17.2 Å². The van der Waals surface area contributed by atoms with Crippen molar-refractivity contribution in [3.63, 3.8) is 0 Å². The van der Waals surface area contributed by atoms with Crippen LogP contribution in [-0.4, -0.2) is 57.1 Å². The standard InChI is InChI=1S/C24H32ClN3O5S/c1-6-20(24(30)26-17(2)3)27(15-18-11-13-19(25)14-12-18)23(29)16-28(34(5,31)32)21-9-7-8-10-22(21)33-4/h7-14,17,20H,6,15-16H2,1-5H3,(H,26,30)/t20-/m0/s1. The zero-order valence-corrected chi connectivity index (χ0v) is 21.7. The van der Waals surface area contributed by atoms with Crippen LogP contribution in [0.15, 0.2) is 48.5 Å². The molecule has 0 aromatic heterocycles. The fourth-order valence-electron chi connectivity index (χ4n) is 3.52. The topological polar surface area (TPSA) is 96.0 Å². The number of rotatable bonds is 11. The Balaban J connectivity index is 2.47. The number of hydrogen-bond acceptors (Lipinski definition) is 5. The molecule has 0 heterocycles. The Kier molecular flexibility index (Phi) is 9.76. The van der Waals surface area contributed by atoms with Crippen LogP contribution in [0.1, 0.15) is 32.8 Å². The van der Waals surface area contributed by atoms with Crippen molar-refractivity contribution in [2.45, 2.75) is 45.8 Å². The molecular weight excluding hydrogens is 478 g/mol. The molecule has 0 aliphatic rings. The number of ether oxygens (including phenoxy) is 1. The molecule has 2 aromatic rings. The molecule has 0 fully saturated rings. The Hall–Kier alpha value is -2.78. The van der Waals surface area contributed by atoms with Crippen LogP contribution in [0.25, 0.3) is 0 Å². The average molecular weight is 510 g/mol. The minimum absolute atomic E-state index is 0.115. The first-order valence-electron chi connectivity index (χ1n) is 10.9. The lowest BCUT2D eigenvalue weighted by molar-refractivity contribution is -0.140. The zero-order chi connectivity index (χ0) is 25.5. The van der Waals surface area contributed by atoms with Crippen LogP contribution in [0.2, 0.25) is 5.02 Å². The number of anilines is 1. The number of nitrogens with one attached hydrogen (secondary N) is 1. The van der Waals surface area contributed by atoms with Crippen LogP contribution in [0.5, 0.6) is 5.75 Å². The lowest BCUT2D eigenvalue weighted by Crippen LogP contribution is -2.53. The number of methoxy groups -OCH3 is 1. The van der Waals surface area contributed by atoms with Gasteiger partial charge in [-0.25, -0.2) is 8.42 Å². The summed E-state index contributed by atoms with van der Waals surface area (Å²) in [6.07, 6.45) is 1.38. The quantitative estimate of drug-likeness (QED) is 0.500. The third kappa shape index (κ3) is 7.36. The molecule has 0 radical (unpaired) electrons. The highest BCUT2D eigenvalue weighted by Gasteiger charge is 2.32. The molecule has 0 spiro atoms. The summed E-state index contributed by atoms with van der Waals surface area (Å²) in [6, 6.07) is 12.6. The zero-order valence-electron chi connectivity index (χ0n) is 20.1. The maximum Gasteiger partial charge on any atom is 0.244 e. The van der Waals surface area contributed by atoms with Gasteiger partial charge in [0.25, 0.3) is 0 Å². The van der Waals surface area contributed by atoms with Gasteiger partial charge in [0, 0.05) is 17.6 Å². The number of hydrogen-bond donors (Lipinski definition) is 1. The van der Waals surface area contributed by atoms with Crippen molar-refractivity contribution in [1.29, 1.82) is 0 Å². The highest BCUT2D eigenvalue weighted by molar-refractivity contribution is 7.92. The monoisotopic (exact) mass is 509 g/mol. The summed E-state index contributed by atoms with van der Waals surface area (Å²) in [5, 5.41) is 3.40. The molecule has 10 heteroatoms. The molecule has 0 bridgehead atoms. The maximum atomic E-state index is 13.6. The molecule has 0 saturated carbocycles. The van der Waals surface area contributed by atoms with E-state index in [-0.39, 0.29) is 24.2 Å². The highest BCUT2D eigenvalue weighted by Crippen LogP contribution is 2.29. The third-order valence-electron chi connectivity index (χ3n) is 5.12. The van der Waals surface area contributed by atoms with E-state index in [1.165, 1.54) is 12.0 Å². The second kappa shape index (κ2) is 12.1. The molecule has 2 amide bonds. The van der Waals surface area contributed by atoms with Gasteiger partial charge in [-0.3, -0.25) is 13.9 Å². The van der Waals surface area contributed by atoms with Gasteiger partial charge in [0.05, 0.1) is 19.1 Å². The van der Waals surface area contributed by atoms with Crippen LogP contribution >= 0.6 is 11.6 Å². The summed E-state index contributed by atoms with van der Waals surface area (Å²) in [7, 11) is -2.41.